The number of carbonyl (C=O) groups excluding carboxylic acids is 1. The lowest BCUT2D eigenvalue weighted by Crippen LogP contribution is -2.50. The van der Waals surface area contributed by atoms with Crippen molar-refractivity contribution in [2.75, 3.05) is 40.4 Å². The number of phenols is 1. The zero-order chi connectivity index (χ0) is 20.3. The predicted octanol–water partition coefficient (Wildman–Crippen LogP) is 1.56. The summed E-state index contributed by atoms with van der Waals surface area (Å²) >= 11 is 0. The number of amides is 1. The molecular formula is C19H22N2O6S. The number of phenolic OH excluding ortho intramolecular Hbond substituents is 1. The largest absolute Gasteiger partial charge is 0.507 e. The number of nitrogens with zero attached hydrogens (tertiary/aromatic N) is 2. The quantitative estimate of drug-likeness (QED) is 0.810. The number of sulfonamides is 1. The summed E-state index contributed by atoms with van der Waals surface area (Å²) in [5.74, 6) is 0.221. The Bertz CT molecular complexity index is 968. The normalized spacial score (nSPS) is 15.3. The molecule has 150 valence electrons. The number of rotatable bonds is 5. The van der Waals surface area contributed by atoms with Gasteiger partial charge < -0.3 is 19.5 Å². The molecule has 0 atom stereocenters. The van der Waals surface area contributed by atoms with Crippen LogP contribution in [0.2, 0.25) is 0 Å². The van der Waals surface area contributed by atoms with Gasteiger partial charge in [-0.2, -0.15) is 4.31 Å². The molecule has 9 heteroatoms. The minimum Gasteiger partial charge on any atom is -0.507 e. The van der Waals surface area contributed by atoms with Crippen LogP contribution in [0.25, 0.3) is 0 Å². The second kappa shape index (κ2) is 8.07. The van der Waals surface area contributed by atoms with Crippen molar-refractivity contribution in [3.63, 3.8) is 0 Å². The molecular weight excluding hydrogens is 384 g/mol. The summed E-state index contributed by atoms with van der Waals surface area (Å²) < 4.78 is 37.8. The van der Waals surface area contributed by atoms with Gasteiger partial charge in [0, 0.05) is 32.2 Å². The van der Waals surface area contributed by atoms with E-state index >= 15 is 0 Å². The van der Waals surface area contributed by atoms with Crippen molar-refractivity contribution in [3.8, 4) is 17.2 Å². The Morgan fingerprint density at radius 3 is 2.29 bits per heavy atom. The summed E-state index contributed by atoms with van der Waals surface area (Å²) in [5, 5.41) is 9.87. The first-order chi connectivity index (χ1) is 13.4. The second-order valence-electron chi connectivity index (χ2n) is 6.23. The standard InChI is InChI=1S/C19H22N2O6S/c1-26-14-7-8-17(27-2)18(13-14)28(24,25)21-11-9-20(10-12-21)19(23)15-5-3-4-6-16(15)22/h3-8,13,22H,9-12H2,1-2H3. The van der Waals surface area contributed by atoms with E-state index in [1.165, 1.54) is 35.6 Å². The van der Waals surface area contributed by atoms with Crippen LogP contribution in [0.3, 0.4) is 0 Å². The fourth-order valence-electron chi connectivity index (χ4n) is 3.08. The molecule has 0 unspecified atom stereocenters. The molecule has 1 fully saturated rings. The van der Waals surface area contributed by atoms with Gasteiger partial charge in [-0.3, -0.25) is 4.79 Å². The van der Waals surface area contributed by atoms with Crippen molar-refractivity contribution in [2.24, 2.45) is 0 Å². The number of carbonyl (C=O) groups is 1. The Morgan fingerprint density at radius 1 is 1.00 bits per heavy atom. The summed E-state index contributed by atoms with van der Waals surface area (Å²) in [7, 11) is -0.952. The smallest absolute Gasteiger partial charge is 0.257 e. The first-order valence-electron chi connectivity index (χ1n) is 8.68. The van der Waals surface area contributed by atoms with E-state index in [0.29, 0.717) is 5.75 Å². The predicted molar refractivity (Wildman–Crippen MR) is 102 cm³/mol. The van der Waals surface area contributed by atoms with Crippen LogP contribution in [-0.2, 0) is 10.0 Å². The van der Waals surface area contributed by atoms with Gasteiger partial charge in [0.15, 0.2) is 0 Å². The van der Waals surface area contributed by atoms with Gasteiger partial charge in [0.25, 0.3) is 5.91 Å². The molecule has 0 radical (unpaired) electrons. The molecule has 1 N–H and O–H groups in total. The topological polar surface area (TPSA) is 96.4 Å². The zero-order valence-electron chi connectivity index (χ0n) is 15.7. The summed E-state index contributed by atoms with van der Waals surface area (Å²) in [6.07, 6.45) is 0. The SMILES string of the molecule is COc1ccc(OC)c(S(=O)(=O)N2CCN(C(=O)c3ccccc3O)CC2)c1. The van der Waals surface area contributed by atoms with Crippen molar-refractivity contribution in [3.05, 3.63) is 48.0 Å². The number of ether oxygens (including phenoxy) is 2. The lowest BCUT2D eigenvalue weighted by atomic mass is 10.1. The van der Waals surface area contributed by atoms with Crippen LogP contribution in [-0.4, -0.2) is 69.0 Å². The van der Waals surface area contributed by atoms with Crippen LogP contribution in [0.1, 0.15) is 10.4 Å². The maximum absolute atomic E-state index is 13.1. The molecule has 8 nitrogen and oxygen atoms in total. The number of aromatic hydroxyl groups is 1. The van der Waals surface area contributed by atoms with E-state index in [9.17, 15) is 18.3 Å². The van der Waals surface area contributed by atoms with Crippen molar-refractivity contribution in [1.82, 2.24) is 9.21 Å². The van der Waals surface area contributed by atoms with Crippen LogP contribution >= 0.6 is 0 Å². The summed E-state index contributed by atoms with van der Waals surface area (Å²) in [6.45, 7) is 0.724. The highest BCUT2D eigenvalue weighted by Crippen LogP contribution is 2.31. The van der Waals surface area contributed by atoms with Crippen LogP contribution in [0, 0.1) is 0 Å². The van der Waals surface area contributed by atoms with Crippen LogP contribution < -0.4 is 9.47 Å². The number of benzene rings is 2. The van der Waals surface area contributed by atoms with E-state index in [1.54, 1.807) is 30.3 Å². The van der Waals surface area contributed by atoms with Gasteiger partial charge in [0.05, 0.1) is 19.8 Å². The molecule has 28 heavy (non-hydrogen) atoms. The summed E-state index contributed by atoms with van der Waals surface area (Å²) in [5.41, 5.74) is 0.202. The van der Waals surface area contributed by atoms with Crippen LogP contribution in [0.15, 0.2) is 47.4 Å². The third-order valence-corrected chi connectivity index (χ3v) is 6.57. The summed E-state index contributed by atoms with van der Waals surface area (Å²) in [6, 6.07) is 10.9. The molecule has 1 amide bonds. The van der Waals surface area contributed by atoms with Gasteiger partial charge in [-0.15, -0.1) is 0 Å². The number of para-hydroxylation sites is 1. The first-order valence-corrected chi connectivity index (χ1v) is 10.1. The van der Waals surface area contributed by atoms with E-state index in [1.807, 2.05) is 0 Å². The molecule has 2 aromatic carbocycles. The molecule has 0 spiro atoms. The third-order valence-electron chi connectivity index (χ3n) is 4.65. The number of hydrogen-bond acceptors (Lipinski definition) is 6. The third kappa shape index (κ3) is 3.76. The van der Waals surface area contributed by atoms with E-state index < -0.39 is 10.0 Å². The summed E-state index contributed by atoms with van der Waals surface area (Å²) in [4.78, 5) is 14.1. The molecule has 3 rings (SSSR count). The van der Waals surface area contributed by atoms with Crippen molar-refractivity contribution < 1.29 is 27.8 Å². The highest BCUT2D eigenvalue weighted by Gasteiger charge is 2.33. The Morgan fingerprint density at radius 2 is 1.68 bits per heavy atom. The Hall–Kier alpha value is -2.78. The molecule has 1 heterocycles. The fraction of sp³-hybridized carbons (Fsp3) is 0.316. The van der Waals surface area contributed by atoms with Gasteiger partial charge in [-0.25, -0.2) is 8.42 Å². The second-order valence-corrected chi connectivity index (χ2v) is 8.14. The van der Waals surface area contributed by atoms with Gasteiger partial charge in [0.1, 0.15) is 22.1 Å². The number of piperazine rings is 1. The minimum atomic E-state index is -3.82. The van der Waals surface area contributed by atoms with E-state index in [0.717, 1.165) is 0 Å². The Kier molecular flexibility index (Phi) is 5.76. The monoisotopic (exact) mass is 406 g/mol. The Labute approximate surface area is 164 Å². The van der Waals surface area contributed by atoms with Crippen molar-refractivity contribution in [2.45, 2.75) is 4.90 Å². The Balaban J connectivity index is 1.77. The lowest BCUT2D eigenvalue weighted by molar-refractivity contribution is 0.0694. The molecule has 0 bridgehead atoms. The molecule has 1 saturated heterocycles. The van der Waals surface area contributed by atoms with Crippen LogP contribution in [0.4, 0.5) is 0 Å². The maximum Gasteiger partial charge on any atom is 0.257 e. The van der Waals surface area contributed by atoms with Crippen molar-refractivity contribution in [1.29, 1.82) is 0 Å². The van der Waals surface area contributed by atoms with Gasteiger partial charge >= 0.3 is 0 Å². The molecule has 1 aliphatic heterocycles. The van der Waals surface area contributed by atoms with E-state index in [2.05, 4.69) is 0 Å². The van der Waals surface area contributed by atoms with Gasteiger partial charge in [-0.05, 0) is 24.3 Å². The molecule has 0 aromatic heterocycles. The average Bonchev–Trinajstić information content (AvgIpc) is 2.73. The molecule has 1 aliphatic rings. The van der Waals surface area contributed by atoms with Gasteiger partial charge in [-0.1, -0.05) is 12.1 Å². The highest BCUT2D eigenvalue weighted by atomic mass is 32.2. The molecule has 0 saturated carbocycles. The molecule has 2 aromatic rings. The van der Waals surface area contributed by atoms with Gasteiger partial charge in [0.2, 0.25) is 10.0 Å². The zero-order valence-corrected chi connectivity index (χ0v) is 16.5. The maximum atomic E-state index is 13.1. The molecule has 0 aliphatic carbocycles. The van der Waals surface area contributed by atoms with E-state index in [4.69, 9.17) is 9.47 Å². The fourth-order valence-corrected chi connectivity index (χ4v) is 4.67. The lowest BCUT2D eigenvalue weighted by Gasteiger charge is -2.34. The average molecular weight is 406 g/mol. The first kappa shape index (κ1) is 20.0. The van der Waals surface area contributed by atoms with Crippen molar-refractivity contribution >= 4 is 15.9 Å². The highest BCUT2D eigenvalue weighted by molar-refractivity contribution is 7.89. The number of hydrogen-bond donors (Lipinski definition) is 1. The van der Waals surface area contributed by atoms with E-state index in [-0.39, 0.29) is 54.0 Å². The number of methoxy groups -OCH3 is 2. The minimum absolute atomic E-state index is 0.0230. The van der Waals surface area contributed by atoms with Crippen LogP contribution in [0.5, 0.6) is 17.2 Å².